The van der Waals surface area contributed by atoms with Crippen molar-refractivity contribution in [2.45, 2.75) is 25.7 Å². The molecule has 2 atom stereocenters. The van der Waals surface area contributed by atoms with E-state index >= 15 is 0 Å². The summed E-state index contributed by atoms with van der Waals surface area (Å²) in [4.78, 5) is 35.0. The Labute approximate surface area is 116 Å². The Kier molecular flexibility index (Phi) is 4.22. The number of carbonyl (C=O) groups excluding carboxylic acids is 1. The molecule has 1 saturated carbocycles. The minimum absolute atomic E-state index is 0.234. The van der Waals surface area contributed by atoms with E-state index < -0.39 is 11.9 Å². The van der Waals surface area contributed by atoms with Crippen molar-refractivity contribution in [3.8, 4) is 0 Å². The predicted octanol–water partition coefficient (Wildman–Crippen LogP) is 1.21. The van der Waals surface area contributed by atoms with Crippen LogP contribution in [0.2, 0.25) is 0 Å². The Balaban J connectivity index is 2.06. The third kappa shape index (κ3) is 3.07. The number of hydrogen-bond donors (Lipinski definition) is 2. The number of rotatable bonds is 3. The minimum atomic E-state index is -0.849. The van der Waals surface area contributed by atoms with Crippen LogP contribution >= 0.6 is 0 Å². The molecule has 20 heavy (non-hydrogen) atoms. The van der Waals surface area contributed by atoms with E-state index in [4.69, 9.17) is 5.11 Å². The molecule has 108 valence electrons. The molecule has 1 fully saturated rings. The first-order valence-electron chi connectivity index (χ1n) is 6.68. The summed E-state index contributed by atoms with van der Waals surface area (Å²) >= 11 is 0. The maximum atomic E-state index is 12.1. The largest absolute Gasteiger partial charge is 0.481 e. The normalized spacial score (nSPS) is 22.2. The molecule has 1 amide bonds. The molecule has 2 rings (SSSR count). The van der Waals surface area contributed by atoms with Gasteiger partial charge in [-0.1, -0.05) is 6.42 Å². The molecular formula is C14H18N2O4. The van der Waals surface area contributed by atoms with E-state index in [0.717, 1.165) is 6.42 Å². The van der Waals surface area contributed by atoms with Crippen molar-refractivity contribution in [2.24, 2.45) is 18.9 Å². The second-order valence-electron chi connectivity index (χ2n) is 5.23. The number of amides is 1. The summed E-state index contributed by atoms with van der Waals surface area (Å²) in [6.45, 7) is 0. The third-order valence-electron chi connectivity index (χ3n) is 3.78. The Hall–Kier alpha value is -2.11. The smallest absolute Gasteiger partial charge is 0.306 e. The Bertz CT molecular complexity index is 579. The van der Waals surface area contributed by atoms with Crippen molar-refractivity contribution in [3.05, 3.63) is 28.7 Å². The van der Waals surface area contributed by atoms with Gasteiger partial charge >= 0.3 is 5.97 Å². The predicted molar refractivity (Wildman–Crippen MR) is 73.4 cm³/mol. The van der Waals surface area contributed by atoms with Gasteiger partial charge in [-0.3, -0.25) is 14.4 Å². The van der Waals surface area contributed by atoms with Crippen LogP contribution in [0.4, 0.5) is 5.69 Å². The number of carbonyl (C=O) groups is 2. The molecule has 0 aliphatic heterocycles. The van der Waals surface area contributed by atoms with Gasteiger partial charge in [0.2, 0.25) is 5.91 Å². The van der Waals surface area contributed by atoms with Crippen LogP contribution in [0.1, 0.15) is 25.7 Å². The third-order valence-corrected chi connectivity index (χ3v) is 3.78. The van der Waals surface area contributed by atoms with E-state index in [2.05, 4.69) is 5.32 Å². The Morgan fingerprint density at radius 1 is 1.35 bits per heavy atom. The monoisotopic (exact) mass is 278 g/mol. The van der Waals surface area contributed by atoms with Gasteiger partial charge < -0.3 is 15.0 Å². The van der Waals surface area contributed by atoms with Crippen molar-refractivity contribution in [3.63, 3.8) is 0 Å². The standard InChI is InChI=1S/C14H18N2O4/c1-16-7-3-6-11(13(16)18)15-12(17)9-4-2-5-10(8-9)14(19)20/h3,6-7,9-10H,2,4-5,8H2,1H3,(H,15,17)(H,19,20). The molecule has 1 aromatic rings. The van der Waals surface area contributed by atoms with Crippen LogP contribution < -0.4 is 10.9 Å². The summed E-state index contributed by atoms with van der Waals surface area (Å²) in [5.41, 5.74) is -0.0381. The highest BCUT2D eigenvalue weighted by Crippen LogP contribution is 2.29. The number of aromatic nitrogens is 1. The van der Waals surface area contributed by atoms with Crippen molar-refractivity contribution in [1.82, 2.24) is 4.57 Å². The van der Waals surface area contributed by atoms with E-state index in [1.807, 2.05) is 0 Å². The highest BCUT2D eigenvalue weighted by molar-refractivity contribution is 5.92. The average Bonchev–Trinajstić information content (AvgIpc) is 2.44. The molecule has 1 heterocycles. The lowest BCUT2D eigenvalue weighted by Gasteiger charge is -2.25. The molecule has 2 N–H and O–H groups in total. The molecule has 0 bridgehead atoms. The molecule has 6 heteroatoms. The lowest BCUT2D eigenvalue weighted by Crippen LogP contribution is -2.33. The first-order chi connectivity index (χ1) is 9.49. The van der Waals surface area contributed by atoms with Crippen LogP contribution in [-0.4, -0.2) is 21.6 Å². The van der Waals surface area contributed by atoms with Crippen molar-refractivity contribution >= 4 is 17.6 Å². The molecule has 6 nitrogen and oxygen atoms in total. The number of nitrogens with zero attached hydrogens (tertiary/aromatic N) is 1. The molecule has 1 aliphatic carbocycles. The van der Waals surface area contributed by atoms with Gasteiger partial charge in [-0.25, -0.2) is 0 Å². The second-order valence-corrected chi connectivity index (χ2v) is 5.23. The summed E-state index contributed by atoms with van der Waals surface area (Å²) in [5, 5.41) is 11.6. The zero-order chi connectivity index (χ0) is 14.7. The fourth-order valence-electron chi connectivity index (χ4n) is 2.58. The van der Waals surface area contributed by atoms with Crippen LogP contribution in [-0.2, 0) is 16.6 Å². The van der Waals surface area contributed by atoms with Crippen LogP contribution in [0.25, 0.3) is 0 Å². The topological polar surface area (TPSA) is 88.4 Å². The maximum Gasteiger partial charge on any atom is 0.306 e. The fourth-order valence-corrected chi connectivity index (χ4v) is 2.58. The number of pyridine rings is 1. The second kappa shape index (κ2) is 5.90. The highest BCUT2D eigenvalue weighted by atomic mass is 16.4. The number of anilines is 1. The SMILES string of the molecule is Cn1cccc(NC(=O)C2CCCC(C(=O)O)C2)c1=O. The van der Waals surface area contributed by atoms with E-state index in [-0.39, 0.29) is 23.1 Å². The van der Waals surface area contributed by atoms with E-state index in [9.17, 15) is 14.4 Å². The lowest BCUT2D eigenvalue weighted by atomic mass is 9.81. The van der Waals surface area contributed by atoms with E-state index in [1.54, 1.807) is 25.4 Å². The number of aryl methyl sites for hydroxylation is 1. The molecule has 1 aromatic heterocycles. The number of carboxylic acid groups (broad SMARTS) is 1. The number of nitrogens with one attached hydrogen (secondary N) is 1. The summed E-state index contributed by atoms with van der Waals surface area (Å²) in [7, 11) is 1.61. The first-order valence-corrected chi connectivity index (χ1v) is 6.68. The minimum Gasteiger partial charge on any atom is -0.481 e. The lowest BCUT2D eigenvalue weighted by molar-refractivity contribution is -0.143. The average molecular weight is 278 g/mol. The summed E-state index contributed by atoms with van der Waals surface area (Å²) in [5.74, 6) is -1.91. The fraction of sp³-hybridized carbons (Fsp3) is 0.500. The van der Waals surface area contributed by atoms with Gasteiger partial charge in [-0.15, -0.1) is 0 Å². The van der Waals surface area contributed by atoms with E-state index in [1.165, 1.54) is 4.57 Å². The molecule has 0 saturated heterocycles. The molecule has 0 radical (unpaired) electrons. The molecule has 0 spiro atoms. The van der Waals surface area contributed by atoms with Crippen LogP contribution in [0.15, 0.2) is 23.1 Å². The zero-order valence-corrected chi connectivity index (χ0v) is 11.3. The summed E-state index contributed by atoms with van der Waals surface area (Å²) in [6, 6.07) is 3.23. The molecule has 1 aliphatic rings. The Morgan fingerprint density at radius 3 is 2.75 bits per heavy atom. The van der Waals surface area contributed by atoms with Crippen LogP contribution in [0.5, 0.6) is 0 Å². The highest BCUT2D eigenvalue weighted by Gasteiger charge is 2.31. The number of carboxylic acids is 1. The van der Waals surface area contributed by atoms with Crippen LogP contribution in [0.3, 0.4) is 0 Å². The van der Waals surface area contributed by atoms with Gasteiger partial charge in [0.05, 0.1) is 5.92 Å². The first kappa shape index (κ1) is 14.3. The maximum absolute atomic E-state index is 12.1. The van der Waals surface area contributed by atoms with E-state index in [0.29, 0.717) is 19.3 Å². The van der Waals surface area contributed by atoms with Gasteiger partial charge in [0.25, 0.3) is 5.56 Å². The molecule has 2 unspecified atom stereocenters. The van der Waals surface area contributed by atoms with Gasteiger partial charge in [0.1, 0.15) is 5.69 Å². The number of aliphatic carboxylic acids is 1. The quantitative estimate of drug-likeness (QED) is 0.870. The van der Waals surface area contributed by atoms with Gasteiger partial charge in [0, 0.05) is 19.2 Å². The molecular weight excluding hydrogens is 260 g/mol. The zero-order valence-electron chi connectivity index (χ0n) is 11.3. The van der Waals surface area contributed by atoms with Crippen molar-refractivity contribution in [1.29, 1.82) is 0 Å². The molecule has 0 aromatic carbocycles. The summed E-state index contributed by atoms with van der Waals surface area (Å²) in [6.07, 6.45) is 3.96. The van der Waals surface area contributed by atoms with Crippen LogP contribution in [0, 0.1) is 11.8 Å². The summed E-state index contributed by atoms with van der Waals surface area (Å²) < 4.78 is 1.39. The van der Waals surface area contributed by atoms with Gasteiger partial charge in [-0.05, 0) is 31.4 Å². The van der Waals surface area contributed by atoms with Crippen molar-refractivity contribution < 1.29 is 14.7 Å². The Morgan fingerprint density at radius 2 is 2.05 bits per heavy atom. The van der Waals surface area contributed by atoms with Gasteiger partial charge in [0.15, 0.2) is 0 Å². The van der Waals surface area contributed by atoms with Crippen molar-refractivity contribution in [2.75, 3.05) is 5.32 Å². The van der Waals surface area contributed by atoms with Gasteiger partial charge in [-0.2, -0.15) is 0 Å². The number of hydrogen-bond acceptors (Lipinski definition) is 3.